The summed E-state index contributed by atoms with van der Waals surface area (Å²) < 4.78 is 0. The highest BCUT2D eigenvalue weighted by Gasteiger charge is 2.26. The van der Waals surface area contributed by atoms with E-state index in [0.717, 1.165) is 11.3 Å². The fourth-order valence-electron chi connectivity index (χ4n) is 1.66. The lowest BCUT2D eigenvalue weighted by Crippen LogP contribution is -2.02. The Morgan fingerprint density at radius 2 is 1.93 bits per heavy atom. The molecule has 0 saturated heterocycles. The maximum atomic E-state index is 7.55. The second-order valence-electron chi connectivity index (χ2n) is 3.71. The van der Waals surface area contributed by atoms with Crippen LogP contribution in [0.5, 0.6) is 0 Å². The number of rotatable bonds is 2. The van der Waals surface area contributed by atoms with Crippen molar-refractivity contribution in [3.05, 3.63) is 29.3 Å². The van der Waals surface area contributed by atoms with Crippen molar-refractivity contribution in [2.75, 3.05) is 5.73 Å². The summed E-state index contributed by atoms with van der Waals surface area (Å²) in [6.45, 7) is 5.78. The first-order valence-electron chi connectivity index (χ1n) is 5.64. The van der Waals surface area contributed by atoms with E-state index < -0.39 is 0 Å². The molecule has 82 valence electrons. The molecule has 0 radical (unpaired) electrons. The Morgan fingerprint density at radius 1 is 1.33 bits per heavy atom. The van der Waals surface area contributed by atoms with Gasteiger partial charge in [0.2, 0.25) is 0 Å². The van der Waals surface area contributed by atoms with E-state index in [9.17, 15) is 0 Å². The third-order valence-corrected chi connectivity index (χ3v) is 2.56. The SMILES string of the molecule is CC.CC(=N)c1cccc(C2CC2)c1N. The minimum absolute atomic E-state index is 0.556. The highest BCUT2D eigenvalue weighted by molar-refractivity contribution is 6.01. The third-order valence-electron chi connectivity index (χ3n) is 2.56. The average molecular weight is 204 g/mol. The molecule has 1 aliphatic rings. The lowest BCUT2D eigenvalue weighted by atomic mass is 10.0. The summed E-state index contributed by atoms with van der Waals surface area (Å²) in [4.78, 5) is 0. The summed E-state index contributed by atoms with van der Waals surface area (Å²) >= 11 is 0. The van der Waals surface area contributed by atoms with Gasteiger partial charge in [-0.1, -0.05) is 32.0 Å². The lowest BCUT2D eigenvalue weighted by Gasteiger charge is -2.08. The van der Waals surface area contributed by atoms with Crippen molar-refractivity contribution >= 4 is 11.4 Å². The van der Waals surface area contributed by atoms with Gasteiger partial charge in [-0.05, 0) is 31.2 Å². The van der Waals surface area contributed by atoms with Gasteiger partial charge in [-0.2, -0.15) is 0 Å². The molecule has 0 atom stereocenters. The molecule has 0 amide bonds. The summed E-state index contributed by atoms with van der Waals surface area (Å²) in [6, 6.07) is 6.00. The first-order chi connectivity index (χ1) is 7.20. The van der Waals surface area contributed by atoms with Gasteiger partial charge in [0, 0.05) is 17.0 Å². The third kappa shape index (κ3) is 2.58. The van der Waals surface area contributed by atoms with Crippen LogP contribution in [0.2, 0.25) is 0 Å². The molecule has 0 aromatic heterocycles. The smallest absolute Gasteiger partial charge is 0.0441 e. The Bertz CT molecular complexity index is 352. The van der Waals surface area contributed by atoms with Crippen molar-refractivity contribution in [2.45, 2.75) is 39.5 Å². The van der Waals surface area contributed by atoms with Gasteiger partial charge in [-0.3, -0.25) is 0 Å². The number of para-hydroxylation sites is 1. The van der Waals surface area contributed by atoms with Crippen LogP contribution in [0, 0.1) is 5.41 Å². The van der Waals surface area contributed by atoms with Crippen LogP contribution >= 0.6 is 0 Å². The molecule has 0 heterocycles. The van der Waals surface area contributed by atoms with Gasteiger partial charge in [0.25, 0.3) is 0 Å². The van der Waals surface area contributed by atoms with E-state index in [-0.39, 0.29) is 0 Å². The highest BCUT2D eigenvalue weighted by atomic mass is 14.6. The van der Waals surface area contributed by atoms with Crippen molar-refractivity contribution in [1.29, 1.82) is 5.41 Å². The lowest BCUT2D eigenvalue weighted by molar-refractivity contribution is 1.13. The molecular formula is C13H20N2. The Kier molecular flexibility index (Phi) is 3.89. The van der Waals surface area contributed by atoms with Gasteiger partial charge >= 0.3 is 0 Å². The first-order valence-corrected chi connectivity index (χ1v) is 5.64. The molecule has 1 aromatic rings. The second-order valence-corrected chi connectivity index (χ2v) is 3.71. The molecule has 2 rings (SSSR count). The number of nitrogen functional groups attached to an aromatic ring is 1. The van der Waals surface area contributed by atoms with Crippen LogP contribution in [0.1, 0.15) is 50.7 Å². The van der Waals surface area contributed by atoms with E-state index in [1.165, 1.54) is 18.4 Å². The zero-order valence-electron chi connectivity index (χ0n) is 9.80. The largest absolute Gasteiger partial charge is 0.398 e. The Labute approximate surface area is 92.0 Å². The minimum Gasteiger partial charge on any atom is -0.398 e. The quantitative estimate of drug-likeness (QED) is 0.561. The minimum atomic E-state index is 0.556. The molecule has 3 N–H and O–H groups in total. The van der Waals surface area contributed by atoms with Gasteiger partial charge in [-0.25, -0.2) is 0 Å². The molecule has 1 aromatic carbocycles. The van der Waals surface area contributed by atoms with Crippen LogP contribution in [0.15, 0.2) is 18.2 Å². The second kappa shape index (κ2) is 4.96. The van der Waals surface area contributed by atoms with Crippen LogP contribution in [0.3, 0.4) is 0 Å². The number of hydrogen-bond acceptors (Lipinski definition) is 2. The molecule has 1 fully saturated rings. The van der Waals surface area contributed by atoms with Crippen LogP contribution < -0.4 is 5.73 Å². The summed E-state index contributed by atoms with van der Waals surface area (Å²) in [6.07, 6.45) is 2.51. The van der Waals surface area contributed by atoms with E-state index in [1.54, 1.807) is 6.92 Å². The van der Waals surface area contributed by atoms with E-state index in [4.69, 9.17) is 11.1 Å². The molecule has 2 nitrogen and oxygen atoms in total. The molecule has 1 aliphatic carbocycles. The van der Waals surface area contributed by atoms with Crippen molar-refractivity contribution in [3.63, 3.8) is 0 Å². The monoisotopic (exact) mass is 204 g/mol. The molecular weight excluding hydrogens is 184 g/mol. The van der Waals surface area contributed by atoms with E-state index in [0.29, 0.717) is 11.6 Å². The summed E-state index contributed by atoms with van der Waals surface area (Å²) in [5.74, 6) is 0.666. The van der Waals surface area contributed by atoms with Crippen molar-refractivity contribution in [1.82, 2.24) is 0 Å². The first kappa shape index (κ1) is 11.8. The molecule has 0 bridgehead atoms. The summed E-state index contributed by atoms with van der Waals surface area (Å²) in [5, 5.41) is 7.55. The normalized spacial score (nSPS) is 14.1. The Hall–Kier alpha value is -1.31. The fraction of sp³-hybridized carbons (Fsp3) is 0.462. The number of benzene rings is 1. The average Bonchev–Trinajstić information content (AvgIpc) is 3.04. The van der Waals surface area contributed by atoms with E-state index in [2.05, 4.69) is 6.07 Å². The standard InChI is InChI=1S/C11H14N2.C2H6/c1-7(12)9-3-2-4-10(11(9)13)8-5-6-8;1-2/h2-4,8,12H,5-6,13H2,1H3;1-2H3. The van der Waals surface area contributed by atoms with Crippen LogP contribution in [0.25, 0.3) is 0 Å². The maximum Gasteiger partial charge on any atom is 0.0441 e. The van der Waals surface area contributed by atoms with E-state index >= 15 is 0 Å². The van der Waals surface area contributed by atoms with Crippen molar-refractivity contribution in [2.24, 2.45) is 0 Å². The molecule has 15 heavy (non-hydrogen) atoms. The summed E-state index contributed by atoms with van der Waals surface area (Å²) in [7, 11) is 0. The molecule has 1 saturated carbocycles. The van der Waals surface area contributed by atoms with Gasteiger partial charge in [-0.15, -0.1) is 0 Å². The zero-order chi connectivity index (χ0) is 11.4. The molecule has 0 unspecified atom stereocenters. The predicted molar refractivity (Wildman–Crippen MR) is 66.7 cm³/mol. The van der Waals surface area contributed by atoms with E-state index in [1.807, 2.05) is 26.0 Å². The van der Waals surface area contributed by atoms with Crippen LogP contribution in [0.4, 0.5) is 5.69 Å². The van der Waals surface area contributed by atoms with Gasteiger partial charge < -0.3 is 11.1 Å². The topological polar surface area (TPSA) is 49.9 Å². The van der Waals surface area contributed by atoms with Crippen LogP contribution in [-0.2, 0) is 0 Å². The number of hydrogen-bond donors (Lipinski definition) is 2. The Morgan fingerprint density at radius 3 is 2.40 bits per heavy atom. The highest BCUT2D eigenvalue weighted by Crippen LogP contribution is 2.43. The summed E-state index contributed by atoms with van der Waals surface area (Å²) in [5.41, 5.74) is 9.49. The van der Waals surface area contributed by atoms with Crippen molar-refractivity contribution < 1.29 is 0 Å². The van der Waals surface area contributed by atoms with Gasteiger partial charge in [0.15, 0.2) is 0 Å². The number of nitrogens with two attached hydrogens (primary N) is 1. The predicted octanol–water partition coefficient (Wildman–Crippen LogP) is 3.56. The molecule has 0 aliphatic heterocycles. The molecule has 0 spiro atoms. The number of anilines is 1. The van der Waals surface area contributed by atoms with Gasteiger partial charge in [0.05, 0.1) is 0 Å². The molecule has 2 heteroatoms. The van der Waals surface area contributed by atoms with Gasteiger partial charge in [0.1, 0.15) is 0 Å². The fourth-order valence-corrected chi connectivity index (χ4v) is 1.66. The van der Waals surface area contributed by atoms with Crippen LogP contribution in [-0.4, -0.2) is 5.71 Å². The van der Waals surface area contributed by atoms with Crippen molar-refractivity contribution in [3.8, 4) is 0 Å². The maximum absolute atomic E-state index is 7.55. The zero-order valence-corrected chi connectivity index (χ0v) is 9.80. The Balaban J connectivity index is 0.000000531. The number of nitrogens with one attached hydrogen (secondary N) is 1.